The van der Waals surface area contributed by atoms with Crippen molar-refractivity contribution in [2.75, 3.05) is 7.11 Å². The van der Waals surface area contributed by atoms with Gasteiger partial charge in [-0.3, -0.25) is 10.1 Å². The number of nitro benzene ring substituents is 1. The van der Waals surface area contributed by atoms with E-state index in [1.165, 1.54) is 17.8 Å². The maximum absolute atomic E-state index is 13.9. The second-order valence-corrected chi connectivity index (χ2v) is 5.02. The number of thioether (sulfide) groups is 1. The van der Waals surface area contributed by atoms with E-state index in [1.807, 2.05) is 24.3 Å². The lowest BCUT2D eigenvalue weighted by atomic mass is 10.2. The Kier molecular flexibility index (Phi) is 4.57. The van der Waals surface area contributed by atoms with Crippen LogP contribution >= 0.6 is 11.8 Å². The first-order valence-corrected chi connectivity index (χ1v) is 6.79. The average Bonchev–Trinajstić information content (AvgIpc) is 2.46. The summed E-state index contributed by atoms with van der Waals surface area (Å²) in [6.07, 6.45) is 0. The second kappa shape index (κ2) is 6.38. The molecule has 0 aromatic heterocycles. The molecule has 4 nitrogen and oxygen atoms in total. The summed E-state index contributed by atoms with van der Waals surface area (Å²) in [5.74, 6) is 0.314. The molecule has 0 aliphatic rings. The molecule has 2 rings (SSSR count). The second-order valence-electron chi connectivity index (χ2n) is 3.97. The highest BCUT2D eigenvalue weighted by Crippen LogP contribution is 2.28. The molecular weight excluding hydrogens is 281 g/mol. The number of nitrogens with zero attached hydrogens (tertiary/aromatic N) is 1. The van der Waals surface area contributed by atoms with Crippen molar-refractivity contribution < 1.29 is 14.1 Å². The highest BCUT2D eigenvalue weighted by Gasteiger charge is 2.16. The molecule has 0 N–H and O–H groups in total. The van der Waals surface area contributed by atoms with E-state index in [9.17, 15) is 14.5 Å². The Morgan fingerprint density at radius 2 is 1.95 bits per heavy atom. The monoisotopic (exact) mass is 293 g/mol. The minimum absolute atomic E-state index is 0.319. The topological polar surface area (TPSA) is 52.4 Å². The third-order valence-electron chi connectivity index (χ3n) is 2.71. The number of rotatable bonds is 5. The fourth-order valence-corrected chi connectivity index (χ4v) is 2.53. The lowest BCUT2D eigenvalue weighted by Gasteiger charge is -2.05. The number of nitro groups is 1. The average molecular weight is 293 g/mol. The molecule has 0 radical (unpaired) electrons. The van der Waals surface area contributed by atoms with Gasteiger partial charge in [0.05, 0.1) is 12.0 Å². The van der Waals surface area contributed by atoms with Crippen molar-refractivity contribution in [2.24, 2.45) is 0 Å². The van der Waals surface area contributed by atoms with Crippen molar-refractivity contribution in [3.63, 3.8) is 0 Å². The maximum Gasteiger partial charge on any atom is 0.305 e. The van der Waals surface area contributed by atoms with Crippen LogP contribution in [0, 0.1) is 15.9 Å². The lowest BCUT2D eigenvalue weighted by molar-refractivity contribution is -0.387. The molecule has 20 heavy (non-hydrogen) atoms. The van der Waals surface area contributed by atoms with Crippen LogP contribution in [0.2, 0.25) is 0 Å². The molecule has 0 heterocycles. The summed E-state index contributed by atoms with van der Waals surface area (Å²) >= 11 is 1.41. The number of benzene rings is 2. The number of hydrogen-bond donors (Lipinski definition) is 0. The first-order chi connectivity index (χ1) is 9.61. The quantitative estimate of drug-likeness (QED) is 0.474. The molecule has 0 unspecified atom stereocenters. The lowest BCUT2D eigenvalue weighted by Crippen LogP contribution is -1.96. The van der Waals surface area contributed by atoms with E-state index in [-0.39, 0.29) is 0 Å². The van der Waals surface area contributed by atoms with Gasteiger partial charge in [-0.1, -0.05) is 12.1 Å². The molecule has 6 heteroatoms. The van der Waals surface area contributed by atoms with Crippen LogP contribution in [0.1, 0.15) is 5.56 Å². The van der Waals surface area contributed by atoms with E-state index in [0.717, 1.165) is 16.7 Å². The summed E-state index contributed by atoms with van der Waals surface area (Å²) in [5.41, 5.74) is -0.169. The summed E-state index contributed by atoms with van der Waals surface area (Å²) in [7, 11) is 1.58. The number of hydrogen-bond acceptors (Lipinski definition) is 4. The van der Waals surface area contributed by atoms with E-state index in [0.29, 0.717) is 11.3 Å². The minimum atomic E-state index is -0.765. The summed E-state index contributed by atoms with van der Waals surface area (Å²) < 4.78 is 18.9. The van der Waals surface area contributed by atoms with Crippen molar-refractivity contribution in [1.29, 1.82) is 0 Å². The summed E-state index contributed by atoms with van der Waals surface area (Å²) in [4.78, 5) is 10.9. The summed E-state index contributed by atoms with van der Waals surface area (Å²) in [6, 6.07) is 11.6. The Morgan fingerprint density at radius 3 is 2.55 bits per heavy atom. The predicted octanol–water partition coefficient (Wildman–Crippen LogP) is 4.03. The van der Waals surface area contributed by atoms with Crippen molar-refractivity contribution in [3.05, 3.63) is 64.0 Å². The van der Waals surface area contributed by atoms with Gasteiger partial charge in [0.25, 0.3) is 0 Å². The Balaban J connectivity index is 2.10. The van der Waals surface area contributed by atoms with Gasteiger partial charge in [0, 0.05) is 22.3 Å². The third kappa shape index (κ3) is 3.27. The predicted molar refractivity (Wildman–Crippen MR) is 75.6 cm³/mol. The van der Waals surface area contributed by atoms with Crippen molar-refractivity contribution in [2.45, 2.75) is 10.6 Å². The van der Waals surface area contributed by atoms with Gasteiger partial charge < -0.3 is 4.74 Å². The molecule has 104 valence electrons. The van der Waals surface area contributed by atoms with Crippen LogP contribution in [-0.2, 0) is 5.75 Å². The van der Waals surface area contributed by atoms with Crippen LogP contribution in [0.4, 0.5) is 10.1 Å². The van der Waals surface area contributed by atoms with E-state index >= 15 is 0 Å². The molecule has 0 saturated carbocycles. The molecule has 0 spiro atoms. The third-order valence-corrected chi connectivity index (χ3v) is 3.77. The largest absolute Gasteiger partial charge is 0.497 e. The van der Waals surface area contributed by atoms with Gasteiger partial charge >= 0.3 is 5.69 Å². The van der Waals surface area contributed by atoms with E-state index in [4.69, 9.17) is 4.74 Å². The maximum atomic E-state index is 13.9. The molecule has 2 aromatic rings. The van der Waals surface area contributed by atoms with Crippen LogP contribution in [0.5, 0.6) is 5.75 Å². The molecule has 0 atom stereocenters. The molecule has 2 aromatic carbocycles. The smallest absolute Gasteiger partial charge is 0.305 e. The van der Waals surface area contributed by atoms with Crippen LogP contribution in [0.25, 0.3) is 0 Å². The van der Waals surface area contributed by atoms with Crippen molar-refractivity contribution in [1.82, 2.24) is 0 Å². The van der Waals surface area contributed by atoms with Gasteiger partial charge in [0.1, 0.15) is 5.75 Å². The molecule has 0 bridgehead atoms. The normalized spacial score (nSPS) is 10.3. The zero-order chi connectivity index (χ0) is 14.5. The van der Waals surface area contributed by atoms with Crippen molar-refractivity contribution in [3.8, 4) is 5.75 Å². The zero-order valence-corrected chi connectivity index (χ0v) is 11.5. The van der Waals surface area contributed by atoms with Gasteiger partial charge in [-0.05, 0) is 24.3 Å². The molecule has 0 fully saturated rings. The number of methoxy groups -OCH3 is 1. The Labute approximate surface area is 119 Å². The molecule has 0 aliphatic carbocycles. The summed E-state index contributed by atoms with van der Waals surface area (Å²) in [5, 5.41) is 10.7. The van der Waals surface area contributed by atoms with Crippen LogP contribution in [-0.4, -0.2) is 12.0 Å². The van der Waals surface area contributed by atoms with Gasteiger partial charge in [-0.2, -0.15) is 4.39 Å². The van der Waals surface area contributed by atoms with Crippen LogP contribution in [0.15, 0.2) is 47.4 Å². The summed E-state index contributed by atoms with van der Waals surface area (Å²) in [6.45, 7) is 0. The molecular formula is C14H12FNO3S. The highest BCUT2D eigenvalue weighted by molar-refractivity contribution is 7.98. The van der Waals surface area contributed by atoms with Crippen LogP contribution < -0.4 is 4.74 Å². The standard InChI is InChI=1S/C14H12FNO3S/c1-19-11-5-7-12(8-6-11)20-9-10-3-2-4-13(14(10)15)16(17)18/h2-8H,9H2,1H3. The Morgan fingerprint density at radius 1 is 1.25 bits per heavy atom. The van der Waals surface area contributed by atoms with Crippen molar-refractivity contribution >= 4 is 17.4 Å². The molecule has 0 aliphatic heterocycles. The first-order valence-electron chi connectivity index (χ1n) is 5.80. The minimum Gasteiger partial charge on any atom is -0.497 e. The van der Waals surface area contributed by atoms with Gasteiger partial charge in [0.15, 0.2) is 0 Å². The van der Waals surface area contributed by atoms with Gasteiger partial charge in [0.2, 0.25) is 5.82 Å². The highest BCUT2D eigenvalue weighted by atomic mass is 32.2. The Hall–Kier alpha value is -2.08. The van der Waals surface area contributed by atoms with Gasteiger partial charge in [-0.15, -0.1) is 11.8 Å². The first kappa shape index (κ1) is 14.3. The van der Waals surface area contributed by atoms with E-state index in [1.54, 1.807) is 13.2 Å². The van der Waals surface area contributed by atoms with Gasteiger partial charge in [-0.25, -0.2) is 0 Å². The molecule has 0 amide bonds. The van der Waals surface area contributed by atoms with Crippen LogP contribution in [0.3, 0.4) is 0 Å². The SMILES string of the molecule is COc1ccc(SCc2cccc([N+](=O)[O-])c2F)cc1. The number of ether oxygens (including phenoxy) is 1. The fourth-order valence-electron chi connectivity index (χ4n) is 1.65. The number of halogens is 1. The fraction of sp³-hybridized carbons (Fsp3) is 0.143. The van der Waals surface area contributed by atoms with E-state index < -0.39 is 16.4 Å². The zero-order valence-electron chi connectivity index (χ0n) is 10.7. The van der Waals surface area contributed by atoms with E-state index in [2.05, 4.69) is 0 Å². The molecule has 0 saturated heterocycles. The Bertz CT molecular complexity index is 616.